The molecule has 2 heteroatoms. The molecule has 4 rings (SSSR count). The molecule has 0 spiro atoms. The average Bonchev–Trinajstić information content (AvgIpc) is 2.42. The number of anilines is 1. The Morgan fingerprint density at radius 2 is 1.73 bits per heavy atom. The molecule has 0 saturated carbocycles. The fourth-order valence-corrected chi connectivity index (χ4v) is 10.1. The molecule has 0 bridgehead atoms. The molecule has 1 aromatic carbocycles. The quantitative estimate of drug-likeness (QED) is 0.639. The summed E-state index contributed by atoms with van der Waals surface area (Å²) in [6.45, 7) is 17.5. The van der Waals surface area contributed by atoms with Crippen molar-refractivity contribution in [1.29, 1.82) is 0 Å². The number of hydrogen-bond donors (Lipinski definition) is 0. The monoisotopic (exact) mass is 313 g/mol. The van der Waals surface area contributed by atoms with Crippen molar-refractivity contribution < 1.29 is 0 Å². The van der Waals surface area contributed by atoms with Crippen LogP contribution < -0.4 is 10.1 Å². The van der Waals surface area contributed by atoms with E-state index in [2.05, 4.69) is 52.1 Å². The molecule has 3 aliphatic rings. The van der Waals surface area contributed by atoms with E-state index in [1.54, 1.807) is 22.4 Å². The SMILES string of the molecule is Cc1cc2c3c4c1C(C)(C)CCN4CC[Si]3(C)CCC2(C)C. The maximum absolute atomic E-state index is 2.75. The standard InChI is InChI=1S/C20H31NSi/c1-14-13-15-18-17-16(14)20(4,5)7-9-21(17)10-12-22(18,6)11-8-19(15,2)3/h13H,7-12H2,1-6H3. The normalized spacial score (nSPS) is 30.9. The van der Waals surface area contributed by atoms with Gasteiger partial charge < -0.3 is 4.90 Å². The van der Waals surface area contributed by atoms with Gasteiger partial charge in [0.05, 0.1) is 8.07 Å². The molecular weight excluding hydrogens is 282 g/mol. The minimum absolute atomic E-state index is 0.346. The highest BCUT2D eigenvalue weighted by Crippen LogP contribution is 2.49. The van der Waals surface area contributed by atoms with Crippen LogP contribution in [-0.2, 0) is 10.8 Å². The van der Waals surface area contributed by atoms with Crippen molar-refractivity contribution in [3.63, 3.8) is 0 Å². The number of rotatable bonds is 0. The van der Waals surface area contributed by atoms with Crippen LogP contribution in [0.25, 0.3) is 0 Å². The zero-order chi connectivity index (χ0) is 15.9. The molecule has 1 unspecified atom stereocenters. The van der Waals surface area contributed by atoms with E-state index >= 15 is 0 Å². The molecule has 0 aromatic heterocycles. The van der Waals surface area contributed by atoms with E-state index in [0.29, 0.717) is 10.8 Å². The Bertz CT molecular complexity index is 658. The third-order valence-corrected chi connectivity index (χ3v) is 11.5. The van der Waals surface area contributed by atoms with Gasteiger partial charge in [0, 0.05) is 18.8 Å². The largest absolute Gasteiger partial charge is 0.372 e. The zero-order valence-electron chi connectivity index (χ0n) is 15.3. The Labute approximate surface area is 137 Å². The van der Waals surface area contributed by atoms with Gasteiger partial charge in [-0.25, -0.2) is 0 Å². The summed E-state index contributed by atoms with van der Waals surface area (Å²) in [6.07, 6.45) is 2.70. The Hall–Kier alpha value is -0.763. The number of nitrogens with zero attached hydrogens (tertiary/aromatic N) is 1. The minimum atomic E-state index is -1.26. The van der Waals surface area contributed by atoms with E-state index in [4.69, 9.17) is 0 Å². The highest BCUT2D eigenvalue weighted by Gasteiger charge is 2.49. The van der Waals surface area contributed by atoms with Crippen LogP contribution >= 0.6 is 0 Å². The Balaban J connectivity index is 2.12. The second kappa shape index (κ2) is 4.20. The number of aryl methyl sites for hydroxylation is 1. The van der Waals surface area contributed by atoms with Crippen LogP contribution in [0.4, 0.5) is 5.69 Å². The van der Waals surface area contributed by atoms with Crippen LogP contribution in [0.15, 0.2) is 6.07 Å². The maximum atomic E-state index is 2.75. The van der Waals surface area contributed by atoms with Crippen molar-refractivity contribution in [2.45, 2.75) is 76.9 Å². The fourth-order valence-electron chi connectivity index (χ4n) is 5.47. The molecule has 120 valence electrons. The lowest BCUT2D eigenvalue weighted by Gasteiger charge is -2.53. The summed E-state index contributed by atoms with van der Waals surface area (Å²) in [5, 5.41) is 1.86. The molecule has 3 aliphatic heterocycles. The number of hydrogen-bond acceptors (Lipinski definition) is 1. The van der Waals surface area contributed by atoms with E-state index in [9.17, 15) is 0 Å². The zero-order valence-corrected chi connectivity index (χ0v) is 16.3. The van der Waals surface area contributed by atoms with Gasteiger partial charge in [0.15, 0.2) is 0 Å². The third kappa shape index (κ3) is 1.76. The first-order valence-electron chi connectivity index (χ1n) is 9.10. The van der Waals surface area contributed by atoms with E-state index in [1.165, 1.54) is 38.0 Å². The van der Waals surface area contributed by atoms with Crippen molar-refractivity contribution in [3.05, 3.63) is 22.8 Å². The summed E-state index contributed by atoms with van der Waals surface area (Å²) in [6, 6.07) is 5.57. The summed E-state index contributed by atoms with van der Waals surface area (Å²) in [7, 11) is -1.26. The van der Waals surface area contributed by atoms with Crippen LogP contribution in [0.3, 0.4) is 0 Å². The Kier molecular flexibility index (Phi) is 2.83. The van der Waals surface area contributed by atoms with Crippen molar-refractivity contribution >= 4 is 18.9 Å². The molecular formula is C20H31NSi. The molecule has 0 saturated heterocycles. The molecule has 1 atom stereocenters. The lowest BCUT2D eigenvalue weighted by Crippen LogP contribution is -2.61. The van der Waals surface area contributed by atoms with Gasteiger partial charge in [-0.05, 0) is 58.5 Å². The van der Waals surface area contributed by atoms with Gasteiger partial charge in [0.2, 0.25) is 0 Å². The van der Waals surface area contributed by atoms with Crippen LogP contribution in [0.2, 0.25) is 18.6 Å². The van der Waals surface area contributed by atoms with Gasteiger partial charge in [-0.2, -0.15) is 0 Å². The molecule has 0 N–H and O–H groups in total. The smallest absolute Gasteiger partial charge is 0.0885 e. The van der Waals surface area contributed by atoms with E-state index < -0.39 is 8.07 Å². The molecule has 0 aliphatic carbocycles. The molecule has 22 heavy (non-hydrogen) atoms. The topological polar surface area (TPSA) is 3.24 Å². The first kappa shape index (κ1) is 14.8. The van der Waals surface area contributed by atoms with Crippen molar-refractivity contribution in [1.82, 2.24) is 0 Å². The Morgan fingerprint density at radius 1 is 1.00 bits per heavy atom. The van der Waals surface area contributed by atoms with Crippen LogP contribution in [-0.4, -0.2) is 21.2 Å². The maximum Gasteiger partial charge on any atom is 0.0885 e. The van der Waals surface area contributed by atoms with Gasteiger partial charge >= 0.3 is 0 Å². The van der Waals surface area contributed by atoms with E-state index in [1.807, 2.05) is 5.19 Å². The summed E-state index contributed by atoms with van der Waals surface area (Å²) in [5.74, 6) is 0. The Morgan fingerprint density at radius 3 is 2.45 bits per heavy atom. The second-order valence-electron chi connectivity index (χ2n) is 9.66. The van der Waals surface area contributed by atoms with E-state index in [0.717, 1.165) is 0 Å². The summed E-state index contributed by atoms with van der Waals surface area (Å²) < 4.78 is 0. The van der Waals surface area contributed by atoms with Gasteiger partial charge in [-0.15, -0.1) is 0 Å². The summed E-state index contributed by atoms with van der Waals surface area (Å²) in [5.41, 5.74) is 7.38. The van der Waals surface area contributed by atoms with Crippen molar-refractivity contribution in [2.75, 3.05) is 18.0 Å². The van der Waals surface area contributed by atoms with Crippen LogP contribution in [0.1, 0.15) is 57.2 Å². The van der Waals surface area contributed by atoms with Crippen LogP contribution in [0.5, 0.6) is 0 Å². The van der Waals surface area contributed by atoms with Gasteiger partial charge in [-0.3, -0.25) is 0 Å². The molecule has 0 radical (unpaired) electrons. The lowest BCUT2D eigenvalue weighted by atomic mass is 9.72. The van der Waals surface area contributed by atoms with Gasteiger partial charge in [0.25, 0.3) is 0 Å². The van der Waals surface area contributed by atoms with Crippen molar-refractivity contribution in [2.24, 2.45) is 0 Å². The molecule has 1 nitrogen and oxygen atoms in total. The van der Waals surface area contributed by atoms with Crippen molar-refractivity contribution in [3.8, 4) is 0 Å². The second-order valence-corrected chi connectivity index (χ2v) is 14.3. The predicted molar refractivity (Wildman–Crippen MR) is 99.5 cm³/mol. The summed E-state index contributed by atoms with van der Waals surface area (Å²) in [4.78, 5) is 2.75. The fraction of sp³-hybridized carbons (Fsp3) is 0.700. The first-order chi connectivity index (χ1) is 10.2. The summed E-state index contributed by atoms with van der Waals surface area (Å²) >= 11 is 0. The highest BCUT2D eigenvalue weighted by molar-refractivity contribution is 6.93. The minimum Gasteiger partial charge on any atom is -0.372 e. The van der Waals surface area contributed by atoms with Gasteiger partial charge in [-0.1, -0.05) is 46.4 Å². The third-order valence-electron chi connectivity index (χ3n) is 7.07. The molecule has 0 fully saturated rings. The highest BCUT2D eigenvalue weighted by atomic mass is 28.3. The molecule has 1 aromatic rings. The van der Waals surface area contributed by atoms with Gasteiger partial charge in [0.1, 0.15) is 0 Å². The molecule has 0 amide bonds. The predicted octanol–water partition coefficient (Wildman–Crippen LogP) is 4.46. The lowest BCUT2D eigenvalue weighted by molar-refractivity contribution is 0.446. The average molecular weight is 314 g/mol. The molecule has 3 heterocycles. The van der Waals surface area contributed by atoms with E-state index in [-0.39, 0.29) is 0 Å². The first-order valence-corrected chi connectivity index (χ1v) is 12.0. The number of benzene rings is 1. The van der Waals surface area contributed by atoms with Crippen LogP contribution in [0, 0.1) is 6.92 Å².